The fraction of sp³-hybridized carbons (Fsp3) is 0.526. The molecule has 0 saturated heterocycles. The third kappa shape index (κ3) is 6.77. The van der Waals surface area contributed by atoms with Gasteiger partial charge in [-0.05, 0) is 44.0 Å². The van der Waals surface area contributed by atoms with Gasteiger partial charge in [0.15, 0.2) is 6.10 Å². The second kappa shape index (κ2) is 10.5. The highest BCUT2D eigenvalue weighted by molar-refractivity contribution is 7.89. The molecule has 30 heavy (non-hydrogen) atoms. The van der Waals surface area contributed by atoms with Crippen molar-refractivity contribution < 1.29 is 31.9 Å². The maximum atomic E-state index is 13.0. The van der Waals surface area contributed by atoms with Crippen LogP contribution in [0.5, 0.6) is 0 Å². The monoisotopic (exact) mass is 443 g/mol. The lowest BCUT2D eigenvalue weighted by Crippen LogP contribution is -2.48. The summed E-state index contributed by atoms with van der Waals surface area (Å²) in [5.74, 6) is -2.39. The van der Waals surface area contributed by atoms with Crippen molar-refractivity contribution in [3.8, 4) is 0 Å². The van der Waals surface area contributed by atoms with Crippen LogP contribution in [-0.4, -0.2) is 56.4 Å². The smallest absolute Gasteiger partial charge is 0.322 e. The van der Waals surface area contributed by atoms with Crippen molar-refractivity contribution in [2.24, 2.45) is 0 Å². The van der Waals surface area contributed by atoms with Crippen LogP contribution in [0.3, 0.4) is 0 Å². The second-order valence-corrected chi connectivity index (χ2v) is 9.19. The molecule has 0 bridgehead atoms. The number of benzene rings is 1. The third-order valence-electron chi connectivity index (χ3n) is 4.73. The highest BCUT2D eigenvalue weighted by Gasteiger charge is 2.26. The number of halogens is 1. The third-order valence-corrected chi connectivity index (χ3v) is 6.55. The molecule has 166 valence electrons. The summed E-state index contributed by atoms with van der Waals surface area (Å²) < 4.78 is 43.4. The Hall–Kier alpha value is -2.53. The van der Waals surface area contributed by atoms with Gasteiger partial charge in [0.25, 0.3) is 5.91 Å². The minimum atomic E-state index is -4.04. The molecule has 1 fully saturated rings. The van der Waals surface area contributed by atoms with Crippen LogP contribution in [0.2, 0.25) is 0 Å². The van der Waals surface area contributed by atoms with Gasteiger partial charge in [0.05, 0.1) is 4.90 Å². The molecular weight excluding hydrogens is 417 g/mol. The maximum absolute atomic E-state index is 13.0. The largest absolute Gasteiger partial charge is 0.452 e. The predicted molar refractivity (Wildman–Crippen MR) is 105 cm³/mol. The molecule has 9 nitrogen and oxygen atoms in total. The first-order valence-corrected chi connectivity index (χ1v) is 11.1. The molecule has 1 unspecified atom stereocenters. The van der Waals surface area contributed by atoms with E-state index in [0.717, 1.165) is 67.7 Å². The van der Waals surface area contributed by atoms with Crippen LogP contribution in [0.1, 0.15) is 39.0 Å². The number of esters is 1. The van der Waals surface area contributed by atoms with Crippen molar-refractivity contribution in [1.82, 2.24) is 14.9 Å². The predicted octanol–water partition coefficient (Wildman–Crippen LogP) is 1.54. The molecule has 1 aromatic rings. The van der Waals surface area contributed by atoms with Crippen LogP contribution >= 0.6 is 0 Å². The Labute approximate surface area is 175 Å². The molecule has 1 aliphatic rings. The zero-order valence-electron chi connectivity index (χ0n) is 16.9. The topological polar surface area (TPSA) is 122 Å². The average molecular weight is 443 g/mol. The van der Waals surface area contributed by atoms with Crippen molar-refractivity contribution in [3.05, 3.63) is 30.1 Å². The van der Waals surface area contributed by atoms with Crippen LogP contribution in [-0.2, 0) is 24.3 Å². The van der Waals surface area contributed by atoms with E-state index in [4.69, 9.17) is 4.74 Å². The number of imide groups is 1. The Bertz CT molecular complexity index is 869. The molecule has 3 amide bonds. The Balaban J connectivity index is 1.83. The minimum Gasteiger partial charge on any atom is -0.452 e. The molecular formula is C19H26FN3O6S. The zero-order valence-corrected chi connectivity index (χ0v) is 17.7. The molecule has 11 heteroatoms. The standard InChI is InChI=1S/C19H26FN3O6S/c1-13(18(25)22-19(26)21-15-6-4-3-5-7-15)29-17(24)12-23(2)30(27,28)16-10-8-14(20)9-11-16/h8-11,13,15H,3-7,12H2,1-2H3,(H2,21,22,25,26). The van der Waals surface area contributed by atoms with Crippen LogP contribution in [0.25, 0.3) is 0 Å². The van der Waals surface area contributed by atoms with Crippen LogP contribution in [0.4, 0.5) is 9.18 Å². The van der Waals surface area contributed by atoms with Gasteiger partial charge >= 0.3 is 12.0 Å². The van der Waals surface area contributed by atoms with Gasteiger partial charge in [-0.25, -0.2) is 17.6 Å². The Morgan fingerprint density at radius 3 is 2.37 bits per heavy atom. The molecule has 1 atom stereocenters. The number of carbonyl (C=O) groups excluding carboxylic acids is 3. The van der Waals surface area contributed by atoms with Gasteiger partial charge in [0.1, 0.15) is 12.4 Å². The summed E-state index contributed by atoms with van der Waals surface area (Å²) in [6, 6.07) is 3.48. The van der Waals surface area contributed by atoms with E-state index in [0.29, 0.717) is 0 Å². The number of nitrogens with zero attached hydrogens (tertiary/aromatic N) is 1. The zero-order chi connectivity index (χ0) is 22.3. The summed E-state index contributed by atoms with van der Waals surface area (Å²) in [4.78, 5) is 35.8. The van der Waals surface area contributed by atoms with Crippen LogP contribution in [0.15, 0.2) is 29.2 Å². The van der Waals surface area contributed by atoms with Gasteiger partial charge in [-0.1, -0.05) is 19.3 Å². The first-order valence-electron chi connectivity index (χ1n) is 9.62. The van der Waals surface area contributed by atoms with Crippen LogP contribution in [0, 0.1) is 5.82 Å². The number of hydrogen-bond acceptors (Lipinski definition) is 6. The number of carbonyl (C=O) groups is 3. The van der Waals surface area contributed by atoms with Crippen LogP contribution < -0.4 is 10.6 Å². The number of urea groups is 1. The highest BCUT2D eigenvalue weighted by atomic mass is 32.2. The van der Waals surface area contributed by atoms with E-state index >= 15 is 0 Å². The first-order chi connectivity index (χ1) is 14.1. The normalized spacial score (nSPS) is 16.0. The summed E-state index contributed by atoms with van der Waals surface area (Å²) in [5, 5.41) is 4.82. The second-order valence-electron chi connectivity index (χ2n) is 7.14. The van der Waals surface area contributed by atoms with Crippen molar-refractivity contribution in [3.63, 3.8) is 0 Å². The van der Waals surface area contributed by atoms with Crippen molar-refractivity contribution in [2.45, 2.75) is 56.1 Å². The van der Waals surface area contributed by atoms with Gasteiger partial charge in [-0.3, -0.25) is 14.9 Å². The van der Waals surface area contributed by atoms with E-state index in [9.17, 15) is 27.2 Å². The number of sulfonamides is 1. The number of hydrogen-bond donors (Lipinski definition) is 2. The maximum Gasteiger partial charge on any atom is 0.322 e. The van der Waals surface area contributed by atoms with E-state index < -0.39 is 46.4 Å². The summed E-state index contributed by atoms with van der Waals surface area (Å²) in [6.45, 7) is 0.612. The molecule has 0 aliphatic heterocycles. The van der Waals surface area contributed by atoms with E-state index in [1.807, 2.05) is 0 Å². The number of likely N-dealkylation sites (N-methyl/N-ethyl adjacent to an activating group) is 1. The molecule has 0 radical (unpaired) electrons. The summed E-state index contributed by atoms with van der Waals surface area (Å²) in [7, 11) is -2.89. The van der Waals surface area contributed by atoms with Gasteiger partial charge in [-0.15, -0.1) is 0 Å². The molecule has 0 spiro atoms. The summed E-state index contributed by atoms with van der Waals surface area (Å²) >= 11 is 0. The molecule has 0 heterocycles. The summed E-state index contributed by atoms with van der Waals surface area (Å²) in [5.41, 5.74) is 0. The van der Waals surface area contributed by atoms with E-state index in [2.05, 4.69) is 10.6 Å². The van der Waals surface area contributed by atoms with Crippen molar-refractivity contribution >= 4 is 27.9 Å². The molecule has 1 saturated carbocycles. The lowest BCUT2D eigenvalue weighted by atomic mass is 9.96. The van der Waals surface area contributed by atoms with Gasteiger partial charge in [0, 0.05) is 13.1 Å². The van der Waals surface area contributed by atoms with E-state index in [1.165, 1.54) is 6.92 Å². The quantitative estimate of drug-likeness (QED) is 0.617. The van der Waals surface area contributed by atoms with E-state index in [-0.39, 0.29) is 10.9 Å². The number of ether oxygens (including phenoxy) is 1. The van der Waals surface area contributed by atoms with E-state index in [1.54, 1.807) is 0 Å². The fourth-order valence-electron chi connectivity index (χ4n) is 3.02. The highest BCUT2D eigenvalue weighted by Crippen LogP contribution is 2.17. The molecule has 0 aromatic heterocycles. The van der Waals surface area contributed by atoms with Crippen molar-refractivity contribution in [2.75, 3.05) is 13.6 Å². The number of amides is 3. The molecule has 1 aliphatic carbocycles. The van der Waals surface area contributed by atoms with Crippen molar-refractivity contribution in [1.29, 1.82) is 0 Å². The average Bonchev–Trinajstić information content (AvgIpc) is 2.68. The SMILES string of the molecule is CC(OC(=O)CN(C)S(=O)(=O)c1ccc(F)cc1)C(=O)NC(=O)NC1CCCCC1. The van der Waals surface area contributed by atoms with Gasteiger partial charge in [-0.2, -0.15) is 4.31 Å². The van der Waals surface area contributed by atoms with Gasteiger partial charge < -0.3 is 10.1 Å². The fourth-order valence-corrected chi connectivity index (χ4v) is 4.14. The lowest BCUT2D eigenvalue weighted by Gasteiger charge is -2.23. The Kier molecular flexibility index (Phi) is 8.30. The Morgan fingerprint density at radius 1 is 1.17 bits per heavy atom. The summed E-state index contributed by atoms with van der Waals surface area (Å²) in [6.07, 6.45) is 3.55. The first kappa shape index (κ1) is 23.7. The number of rotatable bonds is 7. The molecule has 2 rings (SSSR count). The minimum absolute atomic E-state index is 0.00900. The Morgan fingerprint density at radius 2 is 1.77 bits per heavy atom. The lowest BCUT2D eigenvalue weighted by molar-refractivity contribution is -0.154. The molecule has 2 N–H and O–H groups in total. The molecule has 1 aromatic carbocycles. The van der Waals surface area contributed by atoms with Gasteiger partial charge in [0.2, 0.25) is 10.0 Å². The number of nitrogens with one attached hydrogen (secondary N) is 2.